The molecule has 0 unspecified atom stereocenters. The van der Waals surface area contributed by atoms with E-state index in [0.717, 1.165) is 5.92 Å². The van der Waals surface area contributed by atoms with Crippen molar-refractivity contribution in [2.75, 3.05) is 11.9 Å². The maximum absolute atomic E-state index is 3.94. The minimum Gasteiger partial charge on any atom is -0.343 e. The van der Waals surface area contributed by atoms with Crippen molar-refractivity contribution in [1.29, 1.82) is 0 Å². The minimum absolute atomic E-state index is 0.695. The predicted molar refractivity (Wildman–Crippen MR) is 152 cm³/mol. The molecule has 0 spiro atoms. The second-order valence-corrected chi connectivity index (χ2v) is 11.4. The number of likely N-dealkylation sites (N-methyl/N-ethyl adjacent to an activating group) is 1. The van der Waals surface area contributed by atoms with Gasteiger partial charge in [-0.2, -0.15) is 0 Å². The molecule has 0 bridgehead atoms. The highest BCUT2D eigenvalue weighted by Gasteiger charge is 2.23. The fourth-order valence-electron chi connectivity index (χ4n) is 6.37. The molecule has 3 aromatic rings. The van der Waals surface area contributed by atoms with Crippen molar-refractivity contribution in [3.63, 3.8) is 0 Å². The molecule has 1 heterocycles. The third kappa shape index (κ3) is 4.50. The molecule has 1 aromatic heterocycles. The molecular formula is C32H39NS. The summed E-state index contributed by atoms with van der Waals surface area (Å²) < 4.78 is 2.94. The largest absolute Gasteiger partial charge is 0.343 e. The van der Waals surface area contributed by atoms with Gasteiger partial charge in [0.25, 0.3) is 0 Å². The smallest absolute Gasteiger partial charge is 0.0592 e. The van der Waals surface area contributed by atoms with Crippen LogP contribution in [0.2, 0.25) is 0 Å². The lowest BCUT2D eigenvalue weighted by Crippen LogP contribution is -2.20. The molecule has 1 nitrogen and oxygen atoms in total. The van der Waals surface area contributed by atoms with Crippen molar-refractivity contribution in [2.45, 2.75) is 77.0 Å². The van der Waals surface area contributed by atoms with Gasteiger partial charge in [-0.05, 0) is 67.7 Å². The first-order valence-corrected chi connectivity index (χ1v) is 14.2. The molecule has 2 aromatic carbocycles. The van der Waals surface area contributed by atoms with Gasteiger partial charge in [-0.1, -0.05) is 87.6 Å². The number of thiophene rings is 1. The number of nitrogens with zero attached hydrogens (tertiary/aromatic N) is 1. The molecule has 0 saturated heterocycles. The average Bonchev–Trinajstić information content (AvgIpc) is 3.28. The fraction of sp³-hybridized carbons (Fsp3) is 0.438. The number of benzene rings is 2. The first kappa shape index (κ1) is 23.4. The van der Waals surface area contributed by atoms with Crippen LogP contribution < -0.4 is 4.90 Å². The number of anilines is 1. The van der Waals surface area contributed by atoms with E-state index in [1.807, 2.05) is 17.4 Å². The summed E-state index contributed by atoms with van der Waals surface area (Å²) >= 11 is 2.02. The molecule has 0 amide bonds. The Labute approximate surface area is 209 Å². The van der Waals surface area contributed by atoms with Crippen LogP contribution in [0.1, 0.15) is 82.6 Å². The van der Waals surface area contributed by atoms with E-state index in [1.165, 1.54) is 101 Å². The third-order valence-electron chi connectivity index (χ3n) is 8.31. The molecule has 0 N–H and O–H groups in total. The zero-order valence-corrected chi connectivity index (χ0v) is 21.8. The van der Waals surface area contributed by atoms with Crippen molar-refractivity contribution in [2.24, 2.45) is 5.92 Å². The molecule has 2 fully saturated rings. The summed E-state index contributed by atoms with van der Waals surface area (Å²) in [4.78, 5) is 2.45. The molecule has 178 valence electrons. The average molecular weight is 470 g/mol. The molecule has 0 atom stereocenters. The Morgan fingerprint density at radius 3 is 2.24 bits per heavy atom. The normalized spacial score (nSPS) is 19.1. The minimum atomic E-state index is 0.695. The van der Waals surface area contributed by atoms with Gasteiger partial charge in [0.2, 0.25) is 0 Å². The molecule has 34 heavy (non-hydrogen) atoms. The summed E-state index contributed by atoms with van der Waals surface area (Å²) in [5.74, 6) is 1.42. The van der Waals surface area contributed by atoms with Crippen LogP contribution in [0.3, 0.4) is 0 Å². The third-order valence-corrected chi connectivity index (χ3v) is 9.61. The number of allylic oxidation sites excluding steroid dienone is 4. The molecule has 2 aliphatic rings. The molecule has 0 aliphatic heterocycles. The topological polar surface area (TPSA) is 3.24 Å². The molecule has 0 radical (unpaired) electrons. The summed E-state index contributed by atoms with van der Waals surface area (Å²) in [6.07, 6.45) is 19.9. The summed E-state index contributed by atoms with van der Waals surface area (Å²) in [5, 5.41) is 2.85. The second-order valence-electron chi connectivity index (χ2n) is 10.4. The van der Waals surface area contributed by atoms with E-state index in [4.69, 9.17) is 0 Å². The van der Waals surface area contributed by atoms with Gasteiger partial charge in [0.1, 0.15) is 0 Å². The van der Waals surface area contributed by atoms with Crippen LogP contribution in [-0.4, -0.2) is 7.05 Å². The van der Waals surface area contributed by atoms with E-state index in [1.54, 1.807) is 5.56 Å². The first-order valence-electron chi connectivity index (χ1n) is 13.4. The molecule has 5 rings (SSSR count). The Hall–Kier alpha value is -2.32. The Morgan fingerprint density at radius 2 is 1.53 bits per heavy atom. The van der Waals surface area contributed by atoms with Crippen LogP contribution >= 0.6 is 11.3 Å². The van der Waals surface area contributed by atoms with Gasteiger partial charge in [0.15, 0.2) is 0 Å². The van der Waals surface area contributed by atoms with Gasteiger partial charge >= 0.3 is 0 Å². The Morgan fingerprint density at radius 1 is 0.882 bits per heavy atom. The highest BCUT2D eigenvalue weighted by atomic mass is 32.1. The first-order chi connectivity index (χ1) is 16.7. The van der Waals surface area contributed by atoms with Gasteiger partial charge in [-0.3, -0.25) is 0 Å². The maximum atomic E-state index is 3.94. The zero-order chi connectivity index (χ0) is 23.5. The summed E-state index contributed by atoms with van der Waals surface area (Å²) in [6, 6.07) is 13.9. The van der Waals surface area contributed by atoms with Gasteiger partial charge in [-0.15, -0.1) is 11.3 Å². The van der Waals surface area contributed by atoms with Crippen LogP contribution in [-0.2, 0) is 0 Å². The Bertz CT molecular complexity index is 1210. The van der Waals surface area contributed by atoms with E-state index in [-0.39, 0.29) is 0 Å². The van der Waals surface area contributed by atoms with Crippen molar-refractivity contribution in [1.82, 2.24) is 0 Å². The number of rotatable bonds is 6. The van der Waals surface area contributed by atoms with E-state index in [2.05, 4.69) is 74.0 Å². The monoisotopic (exact) mass is 469 g/mol. The van der Waals surface area contributed by atoms with Crippen molar-refractivity contribution >= 4 is 37.2 Å². The standard InChI is InChI=1S/C32H39NS/c1-4-5-21-29(23(2)24-14-8-6-9-15-24)33(3)30-22-13-20-28-27-19-12-18-26(31(27)34-32(28)30)25-16-10-7-11-17-25/h4-5,12-13,18-22,24-25H,1,6-11,14-17H2,2-3H3/b21-5-,29-23-. The summed E-state index contributed by atoms with van der Waals surface area (Å²) in [5.41, 5.74) is 5.78. The van der Waals surface area contributed by atoms with Crippen LogP contribution in [0, 0.1) is 5.92 Å². The predicted octanol–water partition coefficient (Wildman–Crippen LogP) is 10.1. The Balaban J connectivity index is 1.62. The lowest BCUT2D eigenvalue weighted by Gasteiger charge is -2.29. The molecule has 2 heteroatoms. The highest BCUT2D eigenvalue weighted by Crippen LogP contribution is 2.45. The van der Waals surface area contributed by atoms with E-state index in [9.17, 15) is 0 Å². The van der Waals surface area contributed by atoms with Crippen molar-refractivity contribution < 1.29 is 0 Å². The maximum Gasteiger partial charge on any atom is 0.0592 e. The fourth-order valence-corrected chi connectivity index (χ4v) is 7.81. The number of hydrogen-bond donors (Lipinski definition) is 0. The SMILES string of the molecule is C=C/C=C\C(=C(/C)C1CCCCC1)N(C)c1cccc2c1sc1c(C3CCCCC3)cccc12. The number of hydrogen-bond acceptors (Lipinski definition) is 2. The van der Waals surface area contributed by atoms with Crippen molar-refractivity contribution in [3.8, 4) is 0 Å². The second kappa shape index (κ2) is 10.5. The van der Waals surface area contributed by atoms with Crippen LogP contribution in [0.5, 0.6) is 0 Å². The Kier molecular flexibility index (Phi) is 7.25. The summed E-state index contributed by atoms with van der Waals surface area (Å²) in [6.45, 7) is 6.31. The highest BCUT2D eigenvalue weighted by molar-refractivity contribution is 7.26. The van der Waals surface area contributed by atoms with Crippen molar-refractivity contribution in [3.05, 3.63) is 78.0 Å². The lowest BCUT2D eigenvalue weighted by atomic mass is 9.83. The number of fused-ring (bicyclic) bond motifs is 3. The van der Waals surface area contributed by atoms with E-state index in [0.29, 0.717) is 5.92 Å². The molecular weight excluding hydrogens is 430 g/mol. The molecule has 2 saturated carbocycles. The summed E-state index contributed by atoms with van der Waals surface area (Å²) in [7, 11) is 2.26. The lowest BCUT2D eigenvalue weighted by molar-refractivity contribution is 0.401. The van der Waals surface area contributed by atoms with Gasteiger partial charge in [-0.25, -0.2) is 0 Å². The van der Waals surface area contributed by atoms with Crippen LogP contribution in [0.25, 0.3) is 20.2 Å². The van der Waals surface area contributed by atoms with Crippen LogP contribution in [0.4, 0.5) is 5.69 Å². The van der Waals surface area contributed by atoms with Gasteiger partial charge < -0.3 is 4.90 Å². The molecule has 2 aliphatic carbocycles. The van der Waals surface area contributed by atoms with Crippen LogP contribution in [0.15, 0.2) is 72.5 Å². The van der Waals surface area contributed by atoms with E-state index >= 15 is 0 Å². The zero-order valence-electron chi connectivity index (χ0n) is 21.0. The van der Waals surface area contributed by atoms with E-state index < -0.39 is 0 Å². The van der Waals surface area contributed by atoms with Gasteiger partial charge in [0.05, 0.1) is 10.4 Å². The quantitative estimate of drug-likeness (QED) is 0.325. The van der Waals surface area contributed by atoms with Gasteiger partial charge in [0, 0.05) is 28.2 Å².